The van der Waals surface area contributed by atoms with Gasteiger partial charge in [0.15, 0.2) is 0 Å². The fourth-order valence-corrected chi connectivity index (χ4v) is 2.84. The summed E-state index contributed by atoms with van der Waals surface area (Å²) in [7, 11) is 0. The highest BCUT2D eigenvalue weighted by Gasteiger charge is 2.13. The maximum Gasteiger partial charge on any atom is 0.311 e. The molecule has 7 heteroatoms. The Bertz CT molecular complexity index is 815. The number of rotatable bonds is 5. The van der Waals surface area contributed by atoms with E-state index in [9.17, 15) is 4.79 Å². The molecule has 3 rings (SSSR count). The monoisotopic (exact) mass is 348 g/mol. The Balaban J connectivity index is 1.57. The third kappa shape index (κ3) is 3.97. The topological polar surface area (TPSA) is 65.2 Å². The second-order valence-electron chi connectivity index (χ2n) is 4.91. The van der Waals surface area contributed by atoms with Crippen LogP contribution in [0.1, 0.15) is 17.9 Å². The fourth-order valence-electron chi connectivity index (χ4n) is 1.98. The zero-order valence-corrected chi connectivity index (χ0v) is 13.9. The van der Waals surface area contributed by atoms with E-state index < -0.39 is 0 Å². The van der Waals surface area contributed by atoms with Crippen LogP contribution in [0.25, 0.3) is 11.4 Å². The lowest BCUT2D eigenvalue weighted by Crippen LogP contribution is -2.10. The van der Waals surface area contributed by atoms with E-state index in [0.29, 0.717) is 28.9 Å². The van der Waals surface area contributed by atoms with Crippen molar-refractivity contribution in [3.05, 3.63) is 51.5 Å². The molecule has 0 bridgehead atoms. The van der Waals surface area contributed by atoms with Gasteiger partial charge in [-0.3, -0.25) is 4.79 Å². The zero-order chi connectivity index (χ0) is 16.2. The predicted octanol–water partition coefficient (Wildman–Crippen LogP) is 4.30. The molecule has 0 unspecified atom stereocenters. The molecule has 0 spiro atoms. The molecule has 0 radical (unpaired) electrons. The van der Waals surface area contributed by atoms with Crippen LogP contribution in [-0.4, -0.2) is 16.1 Å². The number of nitrogens with zero attached hydrogens (tertiary/aromatic N) is 2. The quantitative estimate of drug-likeness (QED) is 0.508. The van der Waals surface area contributed by atoms with Crippen LogP contribution in [0.3, 0.4) is 0 Å². The minimum Gasteiger partial charge on any atom is -0.426 e. The Hall–Kier alpha value is -2.18. The van der Waals surface area contributed by atoms with E-state index in [4.69, 9.17) is 20.9 Å². The molecule has 0 aliphatic rings. The lowest BCUT2D eigenvalue weighted by Gasteiger charge is -2.06. The predicted molar refractivity (Wildman–Crippen MR) is 87.8 cm³/mol. The van der Waals surface area contributed by atoms with Crippen molar-refractivity contribution < 1.29 is 14.1 Å². The first-order valence-corrected chi connectivity index (χ1v) is 8.26. The average Bonchev–Trinajstić information content (AvgIpc) is 3.18. The number of benzene rings is 1. The van der Waals surface area contributed by atoms with Crippen molar-refractivity contribution in [1.82, 2.24) is 10.1 Å². The third-order valence-electron chi connectivity index (χ3n) is 3.15. The normalized spacial score (nSPS) is 10.7. The molecule has 0 aliphatic heterocycles. The minimum absolute atomic E-state index is 0.160. The van der Waals surface area contributed by atoms with Gasteiger partial charge < -0.3 is 9.26 Å². The molecular formula is C16H13ClN2O3S. The molecule has 0 amide bonds. The van der Waals surface area contributed by atoms with Gasteiger partial charge in [0.2, 0.25) is 11.7 Å². The molecule has 0 saturated carbocycles. The van der Waals surface area contributed by atoms with Gasteiger partial charge in [-0.25, -0.2) is 0 Å². The molecular weight excluding hydrogens is 336 g/mol. The Kier molecular flexibility index (Phi) is 4.73. The van der Waals surface area contributed by atoms with E-state index in [1.165, 1.54) is 0 Å². The summed E-state index contributed by atoms with van der Waals surface area (Å²) in [5.74, 6) is 1.09. The van der Waals surface area contributed by atoms with Crippen molar-refractivity contribution in [1.29, 1.82) is 0 Å². The van der Waals surface area contributed by atoms with Crippen molar-refractivity contribution in [2.45, 2.75) is 19.8 Å². The molecule has 2 aromatic heterocycles. The minimum atomic E-state index is -0.356. The van der Waals surface area contributed by atoms with Gasteiger partial charge >= 0.3 is 5.97 Å². The summed E-state index contributed by atoms with van der Waals surface area (Å²) in [6.45, 7) is 1.83. The second kappa shape index (κ2) is 6.93. The maximum atomic E-state index is 11.9. The van der Waals surface area contributed by atoms with Gasteiger partial charge in [0.1, 0.15) is 5.75 Å². The molecule has 5 nitrogen and oxygen atoms in total. The van der Waals surface area contributed by atoms with E-state index in [1.54, 1.807) is 29.5 Å². The summed E-state index contributed by atoms with van der Waals surface area (Å²) in [5, 5.41) is 8.38. The Morgan fingerprint density at radius 3 is 3.00 bits per heavy atom. The lowest BCUT2D eigenvalue weighted by molar-refractivity contribution is -0.134. The Morgan fingerprint density at radius 1 is 1.39 bits per heavy atom. The van der Waals surface area contributed by atoms with Crippen molar-refractivity contribution >= 4 is 28.9 Å². The summed E-state index contributed by atoms with van der Waals surface area (Å²) in [4.78, 5) is 16.2. The number of ether oxygens (including phenoxy) is 1. The van der Waals surface area contributed by atoms with Crippen molar-refractivity contribution in [2.24, 2.45) is 0 Å². The maximum absolute atomic E-state index is 11.9. The van der Waals surface area contributed by atoms with Crippen LogP contribution in [0.5, 0.6) is 5.75 Å². The number of hydrogen-bond acceptors (Lipinski definition) is 6. The van der Waals surface area contributed by atoms with Gasteiger partial charge in [-0.1, -0.05) is 16.8 Å². The second-order valence-corrected chi connectivity index (χ2v) is 6.12. The number of aryl methyl sites for hydroxylation is 2. The average molecular weight is 349 g/mol. The van der Waals surface area contributed by atoms with E-state index in [1.807, 2.05) is 23.8 Å². The van der Waals surface area contributed by atoms with Gasteiger partial charge in [-0.15, -0.1) is 0 Å². The van der Waals surface area contributed by atoms with E-state index >= 15 is 0 Å². The number of esters is 1. The number of aromatic nitrogens is 2. The van der Waals surface area contributed by atoms with E-state index in [-0.39, 0.29) is 12.4 Å². The van der Waals surface area contributed by atoms with Gasteiger partial charge in [0, 0.05) is 22.4 Å². The van der Waals surface area contributed by atoms with Crippen LogP contribution in [0.15, 0.2) is 39.5 Å². The Morgan fingerprint density at radius 2 is 2.26 bits per heavy atom. The molecule has 0 fully saturated rings. The van der Waals surface area contributed by atoms with Gasteiger partial charge in [0.05, 0.1) is 6.42 Å². The summed E-state index contributed by atoms with van der Waals surface area (Å²) in [5.41, 5.74) is 1.72. The van der Waals surface area contributed by atoms with Crippen molar-refractivity contribution in [3.8, 4) is 17.1 Å². The number of carbonyl (C=O) groups is 1. The number of hydrogen-bond donors (Lipinski definition) is 0. The number of thiophene rings is 1. The molecule has 118 valence electrons. The van der Waals surface area contributed by atoms with Crippen LogP contribution in [0, 0.1) is 6.92 Å². The van der Waals surface area contributed by atoms with Crippen LogP contribution in [-0.2, 0) is 11.2 Å². The molecule has 23 heavy (non-hydrogen) atoms. The highest BCUT2D eigenvalue weighted by atomic mass is 35.5. The molecule has 0 N–H and O–H groups in total. The first-order valence-electron chi connectivity index (χ1n) is 6.94. The lowest BCUT2D eigenvalue weighted by atomic mass is 10.2. The molecule has 3 aromatic rings. The van der Waals surface area contributed by atoms with Gasteiger partial charge in [-0.05, 0) is 42.1 Å². The van der Waals surface area contributed by atoms with Crippen molar-refractivity contribution in [2.75, 3.05) is 0 Å². The number of halogens is 1. The van der Waals surface area contributed by atoms with E-state index in [0.717, 1.165) is 11.1 Å². The molecule has 2 heterocycles. The fraction of sp³-hybridized carbons (Fsp3) is 0.188. The zero-order valence-electron chi connectivity index (χ0n) is 12.3. The van der Waals surface area contributed by atoms with Crippen LogP contribution < -0.4 is 4.74 Å². The first kappa shape index (κ1) is 15.7. The highest BCUT2D eigenvalue weighted by Crippen LogP contribution is 2.22. The first-order chi connectivity index (χ1) is 11.1. The molecule has 0 atom stereocenters. The molecule has 0 saturated heterocycles. The summed E-state index contributed by atoms with van der Waals surface area (Å²) in [6, 6.07) is 7.02. The van der Waals surface area contributed by atoms with Crippen LogP contribution in [0.4, 0.5) is 0 Å². The van der Waals surface area contributed by atoms with Gasteiger partial charge in [0.25, 0.3) is 0 Å². The number of carbonyl (C=O) groups excluding carboxylic acids is 1. The van der Waals surface area contributed by atoms with Crippen LogP contribution in [0.2, 0.25) is 5.02 Å². The van der Waals surface area contributed by atoms with E-state index in [2.05, 4.69) is 10.1 Å². The SMILES string of the molecule is Cc1cc(Cl)ccc1OC(=O)CCc1nc(-c2ccsc2)no1. The summed E-state index contributed by atoms with van der Waals surface area (Å²) >= 11 is 7.43. The Labute approximate surface area is 141 Å². The summed E-state index contributed by atoms with van der Waals surface area (Å²) in [6.07, 6.45) is 0.496. The van der Waals surface area contributed by atoms with Crippen molar-refractivity contribution in [3.63, 3.8) is 0 Å². The smallest absolute Gasteiger partial charge is 0.311 e. The molecule has 0 aliphatic carbocycles. The standard InChI is InChI=1S/C16H13ClN2O3S/c1-10-8-12(17)2-3-13(10)21-15(20)5-4-14-18-16(19-22-14)11-6-7-23-9-11/h2-3,6-9H,4-5H2,1H3. The molecule has 1 aromatic carbocycles. The van der Waals surface area contributed by atoms with Crippen LogP contribution >= 0.6 is 22.9 Å². The summed E-state index contributed by atoms with van der Waals surface area (Å²) < 4.78 is 10.5. The van der Waals surface area contributed by atoms with Gasteiger partial charge in [-0.2, -0.15) is 16.3 Å². The highest BCUT2D eigenvalue weighted by molar-refractivity contribution is 7.08. The third-order valence-corrected chi connectivity index (χ3v) is 4.07. The largest absolute Gasteiger partial charge is 0.426 e.